The highest BCUT2D eigenvalue weighted by atomic mass is 16.5. The van der Waals surface area contributed by atoms with Gasteiger partial charge in [-0.25, -0.2) is 4.98 Å². The summed E-state index contributed by atoms with van der Waals surface area (Å²) >= 11 is 0. The van der Waals surface area contributed by atoms with Crippen LogP contribution in [-0.4, -0.2) is 11.3 Å². The number of carbonyl (C=O) groups excluding carboxylic acids is 1. The first kappa shape index (κ1) is 14.0. The second-order valence-corrected chi connectivity index (χ2v) is 4.80. The second-order valence-electron chi connectivity index (χ2n) is 4.80. The number of aromatic nitrogens is 1. The Morgan fingerprint density at radius 3 is 2.75 bits per heavy atom. The van der Waals surface area contributed by atoms with Gasteiger partial charge in [-0.3, -0.25) is 4.79 Å². The minimum absolute atomic E-state index is 0.378. The zero-order chi connectivity index (χ0) is 14.5. The number of benzene rings is 1. The molecular weight excluding hydrogens is 250 g/mol. The van der Waals surface area contributed by atoms with Gasteiger partial charge in [-0.2, -0.15) is 0 Å². The fourth-order valence-electron chi connectivity index (χ4n) is 1.95. The lowest BCUT2D eigenvalue weighted by atomic mass is 10.00. The zero-order valence-electron chi connectivity index (χ0n) is 11.7. The molecule has 0 saturated carbocycles. The SMILES string of the molecule is C=Cc1cc(Oc2cccc(C=O)c2)ncc1C(C)C. The van der Waals surface area contributed by atoms with E-state index in [1.807, 2.05) is 6.07 Å². The Morgan fingerprint density at radius 2 is 2.10 bits per heavy atom. The van der Waals surface area contributed by atoms with Crippen LogP contribution in [0.2, 0.25) is 0 Å². The molecule has 0 saturated heterocycles. The van der Waals surface area contributed by atoms with Crippen LogP contribution < -0.4 is 4.74 Å². The molecule has 102 valence electrons. The van der Waals surface area contributed by atoms with Crippen LogP contribution in [0, 0.1) is 0 Å². The molecule has 20 heavy (non-hydrogen) atoms. The average molecular weight is 267 g/mol. The van der Waals surface area contributed by atoms with E-state index < -0.39 is 0 Å². The van der Waals surface area contributed by atoms with Crippen LogP contribution in [0.3, 0.4) is 0 Å². The van der Waals surface area contributed by atoms with E-state index in [0.29, 0.717) is 23.1 Å². The van der Waals surface area contributed by atoms with Gasteiger partial charge in [-0.15, -0.1) is 0 Å². The number of pyridine rings is 1. The van der Waals surface area contributed by atoms with Crippen molar-refractivity contribution in [2.75, 3.05) is 0 Å². The lowest BCUT2D eigenvalue weighted by Crippen LogP contribution is -1.96. The third kappa shape index (κ3) is 3.12. The van der Waals surface area contributed by atoms with E-state index in [1.165, 1.54) is 0 Å². The number of carbonyl (C=O) groups is 1. The predicted octanol–water partition coefficient (Wildman–Crippen LogP) is 4.45. The maximum absolute atomic E-state index is 10.7. The molecule has 0 N–H and O–H groups in total. The highest BCUT2D eigenvalue weighted by Gasteiger charge is 2.08. The number of aldehydes is 1. The molecule has 0 unspecified atom stereocenters. The van der Waals surface area contributed by atoms with Crippen molar-refractivity contribution in [1.82, 2.24) is 4.98 Å². The molecule has 1 aromatic carbocycles. The van der Waals surface area contributed by atoms with Crippen molar-refractivity contribution in [3.05, 3.63) is 59.8 Å². The van der Waals surface area contributed by atoms with E-state index >= 15 is 0 Å². The summed E-state index contributed by atoms with van der Waals surface area (Å²) in [6.07, 6.45) is 4.39. The van der Waals surface area contributed by atoms with E-state index in [9.17, 15) is 4.79 Å². The number of rotatable bonds is 5. The van der Waals surface area contributed by atoms with Crippen LogP contribution in [0.25, 0.3) is 6.08 Å². The largest absolute Gasteiger partial charge is 0.439 e. The molecule has 0 fully saturated rings. The highest BCUT2D eigenvalue weighted by molar-refractivity contribution is 5.75. The summed E-state index contributed by atoms with van der Waals surface area (Å²) in [4.78, 5) is 15.0. The van der Waals surface area contributed by atoms with Gasteiger partial charge in [-0.05, 0) is 29.2 Å². The van der Waals surface area contributed by atoms with Gasteiger partial charge in [0.05, 0.1) is 0 Å². The van der Waals surface area contributed by atoms with Gasteiger partial charge in [-0.1, -0.05) is 38.6 Å². The van der Waals surface area contributed by atoms with Crippen molar-refractivity contribution in [3.63, 3.8) is 0 Å². The predicted molar refractivity (Wildman–Crippen MR) is 80.3 cm³/mol. The molecule has 0 radical (unpaired) electrons. The van der Waals surface area contributed by atoms with Crippen molar-refractivity contribution < 1.29 is 9.53 Å². The normalized spacial score (nSPS) is 10.3. The molecule has 1 heterocycles. The summed E-state index contributed by atoms with van der Waals surface area (Å²) in [7, 11) is 0. The van der Waals surface area contributed by atoms with Crippen LogP contribution in [0.1, 0.15) is 41.3 Å². The minimum Gasteiger partial charge on any atom is -0.439 e. The first-order valence-electron chi connectivity index (χ1n) is 6.49. The van der Waals surface area contributed by atoms with Crippen molar-refractivity contribution in [2.45, 2.75) is 19.8 Å². The summed E-state index contributed by atoms with van der Waals surface area (Å²) < 4.78 is 5.68. The molecule has 2 aromatic rings. The Hall–Kier alpha value is -2.42. The Morgan fingerprint density at radius 1 is 1.30 bits per heavy atom. The summed E-state index contributed by atoms with van der Waals surface area (Å²) in [6, 6.07) is 8.83. The van der Waals surface area contributed by atoms with Gasteiger partial charge < -0.3 is 4.74 Å². The first-order chi connectivity index (χ1) is 9.63. The Kier molecular flexibility index (Phi) is 4.31. The molecule has 0 spiro atoms. The van der Waals surface area contributed by atoms with Gasteiger partial charge >= 0.3 is 0 Å². The third-order valence-electron chi connectivity index (χ3n) is 3.00. The lowest BCUT2D eigenvalue weighted by Gasteiger charge is -2.11. The summed E-state index contributed by atoms with van der Waals surface area (Å²) in [5, 5.41) is 0. The monoisotopic (exact) mass is 267 g/mol. The fraction of sp³-hybridized carbons (Fsp3) is 0.176. The molecule has 0 aliphatic heterocycles. The maximum Gasteiger partial charge on any atom is 0.219 e. The number of ether oxygens (including phenoxy) is 1. The molecule has 0 aliphatic rings. The van der Waals surface area contributed by atoms with Crippen LogP contribution in [0.5, 0.6) is 11.6 Å². The standard InChI is InChI=1S/C17H17NO2/c1-4-14-9-17(18-10-16(14)12(2)3)20-15-7-5-6-13(8-15)11-19/h4-12H,1H2,2-3H3. The number of nitrogens with zero attached hydrogens (tertiary/aromatic N) is 1. The summed E-state index contributed by atoms with van der Waals surface area (Å²) in [5.41, 5.74) is 2.72. The molecular formula is C17H17NO2. The average Bonchev–Trinajstić information content (AvgIpc) is 2.47. The van der Waals surface area contributed by atoms with Crippen molar-refractivity contribution in [1.29, 1.82) is 0 Å². The van der Waals surface area contributed by atoms with E-state index in [4.69, 9.17) is 4.74 Å². The molecule has 0 atom stereocenters. The zero-order valence-corrected chi connectivity index (χ0v) is 11.7. The van der Waals surface area contributed by atoms with Crippen molar-refractivity contribution in [3.8, 4) is 11.6 Å². The lowest BCUT2D eigenvalue weighted by molar-refractivity contribution is 0.112. The minimum atomic E-state index is 0.378. The second kappa shape index (κ2) is 6.15. The maximum atomic E-state index is 10.7. The molecule has 3 heteroatoms. The van der Waals surface area contributed by atoms with E-state index in [2.05, 4.69) is 25.4 Å². The number of hydrogen-bond acceptors (Lipinski definition) is 3. The van der Waals surface area contributed by atoms with Gasteiger partial charge in [0.1, 0.15) is 12.0 Å². The van der Waals surface area contributed by atoms with Crippen molar-refractivity contribution >= 4 is 12.4 Å². The Labute approximate surface area is 118 Å². The molecule has 0 bridgehead atoms. The molecule has 0 amide bonds. The van der Waals surface area contributed by atoms with Crippen LogP contribution in [-0.2, 0) is 0 Å². The molecule has 2 rings (SSSR count). The van der Waals surface area contributed by atoms with Crippen LogP contribution >= 0.6 is 0 Å². The van der Waals surface area contributed by atoms with Crippen molar-refractivity contribution in [2.24, 2.45) is 0 Å². The first-order valence-corrected chi connectivity index (χ1v) is 6.49. The Balaban J connectivity index is 2.29. The Bertz CT molecular complexity index is 633. The summed E-state index contributed by atoms with van der Waals surface area (Å²) in [5.74, 6) is 1.46. The smallest absolute Gasteiger partial charge is 0.219 e. The van der Waals surface area contributed by atoms with E-state index in [1.54, 1.807) is 36.5 Å². The fourth-order valence-corrected chi connectivity index (χ4v) is 1.95. The van der Waals surface area contributed by atoms with Crippen LogP contribution in [0.4, 0.5) is 0 Å². The van der Waals surface area contributed by atoms with Gasteiger partial charge in [0.15, 0.2) is 0 Å². The van der Waals surface area contributed by atoms with Gasteiger partial charge in [0, 0.05) is 17.8 Å². The molecule has 0 aliphatic carbocycles. The van der Waals surface area contributed by atoms with Crippen LogP contribution in [0.15, 0.2) is 43.1 Å². The van der Waals surface area contributed by atoms with Gasteiger partial charge in [0.25, 0.3) is 0 Å². The number of hydrogen-bond donors (Lipinski definition) is 0. The van der Waals surface area contributed by atoms with E-state index in [0.717, 1.165) is 17.4 Å². The third-order valence-corrected chi connectivity index (χ3v) is 3.00. The van der Waals surface area contributed by atoms with Gasteiger partial charge in [0.2, 0.25) is 5.88 Å². The molecule has 3 nitrogen and oxygen atoms in total. The van der Waals surface area contributed by atoms with E-state index in [-0.39, 0.29) is 0 Å². The summed E-state index contributed by atoms with van der Waals surface area (Å²) in [6.45, 7) is 8.04. The quantitative estimate of drug-likeness (QED) is 0.751. The highest BCUT2D eigenvalue weighted by Crippen LogP contribution is 2.26. The topological polar surface area (TPSA) is 39.2 Å². The molecule has 1 aromatic heterocycles.